The molecule has 0 unspecified atom stereocenters. The van der Waals surface area contributed by atoms with Crippen molar-refractivity contribution in [1.82, 2.24) is 4.98 Å². The molecular formula is C25H16F3NO2. The summed E-state index contributed by atoms with van der Waals surface area (Å²) < 4.78 is 39.8. The highest BCUT2D eigenvalue weighted by molar-refractivity contribution is 5.86. The number of fused-ring (bicyclic) bond motifs is 3. The number of benzene rings is 3. The van der Waals surface area contributed by atoms with Crippen LogP contribution in [0.1, 0.15) is 16.7 Å². The molecular weight excluding hydrogens is 403 g/mol. The predicted octanol–water partition coefficient (Wildman–Crippen LogP) is 6.42. The first kappa shape index (κ1) is 19.2. The van der Waals surface area contributed by atoms with Gasteiger partial charge in [0.1, 0.15) is 11.5 Å². The zero-order chi connectivity index (χ0) is 21.8. The van der Waals surface area contributed by atoms with Crippen molar-refractivity contribution in [2.45, 2.75) is 12.6 Å². The third kappa shape index (κ3) is 3.40. The van der Waals surface area contributed by atoms with Crippen molar-refractivity contribution in [2.24, 2.45) is 0 Å². The Hall–Kier alpha value is -3.80. The number of hydrogen-bond acceptors (Lipinski definition) is 3. The van der Waals surface area contributed by atoms with Gasteiger partial charge in [0.2, 0.25) is 0 Å². The number of phenolic OH excluding ortho intramolecular Hbond substituents is 2. The number of alkyl halides is 3. The van der Waals surface area contributed by atoms with Crippen LogP contribution in [-0.4, -0.2) is 15.2 Å². The Morgan fingerprint density at radius 3 is 2.23 bits per heavy atom. The van der Waals surface area contributed by atoms with E-state index >= 15 is 0 Å². The van der Waals surface area contributed by atoms with Crippen molar-refractivity contribution >= 4 is 0 Å². The second kappa shape index (κ2) is 6.87. The molecule has 3 aromatic carbocycles. The monoisotopic (exact) mass is 419 g/mol. The van der Waals surface area contributed by atoms with Crippen molar-refractivity contribution in [3.63, 3.8) is 0 Å². The standard InChI is InChI=1S/C25H16F3NO2/c26-25(27,28)17-3-1-2-16(10-17)23-13-20(14-4-7-18(30)8-5-14)22-11-15-6-9-19(31)12-21(15)24(22)29-23/h1-10,12-13,30-31H,11H2. The van der Waals surface area contributed by atoms with Crippen molar-refractivity contribution < 1.29 is 23.4 Å². The van der Waals surface area contributed by atoms with Gasteiger partial charge in [-0.1, -0.05) is 30.3 Å². The summed E-state index contributed by atoms with van der Waals surface area (Å²) in [6.07, 6.45) is -3.86. The third-order valence-corrected chi connectivity index (χ3v) is 5.50. The van der Waals surface area contributed by atoms with Crippen LogP contribution in [0.2, 0.25) is 0 Å². The van der Waals surface area contributed by atoms with Crippen LogP contribution < -0.4 is 0 Å². The van der Waals surface area contributed by atoms with Gasteiger partial charge in [-0.2, -0.15) is 13.2 Å². The van der Waals surface area contributed by atoms with E-state index < -0.39 is 11.7 Å². The summed E-state index contributed by atoms with van der Waals surface area (Å²) in [5, 5.41) is 19.6. The Balaban J connectivity index is 1.75. The number of hydrogen-bond donors (Lipinski definition) is 2. The molecule has 1 aliphatic rings. The van der Waals surface area contributed by atoms with Crippen molar-refractivity contribution in [2.75, 3.05) is 0 Å². The molecule has 0 bridgehead atoms. The van der Waals surface area contributed by atoms with E-state index in [1.807, 2.05) is 6.07 Å². The van der Waals surface area contributed by atoms with Gasteiger partial charge in [-0.05, 0) is 64.7 Å². The zero-order valence-corrected chi connectivity index (χ0v) is 16.1. The SMILES string of the molecule is Oc1ccc(-c2cc(-c3cccc(C(F)(F)F)c3)nc3c2Cc2ccc(O)cc2-3)cc1. The summed E-state index contributed by atoms with van der Waals surface area (Å²) in [6.45, 7) is 0. The van der Waals surface area contributed by atoms with E-state index in [-0.39, 0.29) is 11.5 Å². The normalized spacial score (nSPS) is 12.5. The summed E-state index contributed by atoms with van der Waals surface area (Å²) >= 11 is 0. The lowest BCUT2D eigenvalue weighted by molar-refractivity contribution is -0.137. The quantitative estimate of drug-likeness (QED) is 0.347. The Morgan fingerprint density at radius 1 is 0.742 bits per heavy atom. The van der Waals surface area contributed by atoms with E-state index in [0.29, 0.717) is 23.4 Å². The van der Waals surface area contributed by atoms with E-state index in [2.05, 4.69) is 0 Å². The van der Waals surface area contributed by atoms with E-state index in [1.54, 1.807) is 48.5 Å². The van der Waals surface area contributed by atoms with Gasteiger partial charge in [-0.3, -0.25) is 0 Å². The Labute approximate surface area is 176 Å². The molecule has 154 valence electrons. The van der Waals surface area contributed by atoms with Gasteiger partial charge in [-0.15, -0.1) is 0 Å². The molecule has 1 aromatic heterocycles. The van der Waals surface area contributed by atoms with Crippen LogP contribution in [0.15, 0.2) is 72.8 Å². The summed E-state index contributed by atoms with van der Waals surface area (Å²) in [5.74, 6) is 0.227. The third-order valence-electron chi connectivity index (χ3n) is 5.50. The fraction of sp³-hybridized carbons (Fsp3) is 0.0800. The minimum absolute atomic E-state index is 0.101. The molecule has 0 atom stereocenters. The number of halogens is 3. The summed E-state index contributed by atoms with van der Waals surface area (Å²) in [7, 11) is 0. The minimum Gasteiger partial charge on any atom is -0.508 e. The molecule has 2 N–H and O–H groups in total. The molecule has 5 rings (SSSR count). The Kier molecular flexibility index (Phi) is 4.25. The Bertz CT molecular complexity index is 1310. The van der Waals surface area contributed by atoms with Crippen molar-refractivity contribution in [3.8, 4) is 45.1 Å². The van der Waals surface area contributed by atoms with E-state index in [4.69, 9.17) is 4.98 Å². The maximum Gasteiger partial charge on any atom is 0.416 e. The van der Waals surface area contributed by atoms with Crippen molar-refractivity contribution in [3.05, 3.63) is 89.5 Å². The van der Waals surface area contributed by atoms with E-state index in [0.717, 1.165) is 39.9 Å². The van der Waals surface area contributed by atoms with E-state index in [9.17, 15) is 23.4 Å². The van der Waals surface area contributed by atoms with Crippen LogP contribution in [0.4, 0.5) is 13.2 Å². The molecule has 1 heterocycles. The van der Waals surface area contributed by atoms with Gasteiger partial charge in [0.15, 0.2) is 0 Å². The smallest absolute Gasteiger partial charge is 0.416 e. The van der Waals surface area contributed by atoms with E-state index in [1.165, 1.54) is 6.07 Å². The van der Waals surface area contributed by atoms with Crippen LogP contribution >= 0.6 is 0 Å². The minimum atomic E-state index is -4.45. The van der Waals surface area contributed by atoms with Gasteiger partial charge in [0.05, 0.1) is 17.0 Å². The van der Waals surface area contributed by atoms with Crippen LogP contribution in [0.3, 0.4) is 0 Å². The summed E-state index contributed by atoms with van der Waals surface area (Å²) in [6, 6.07) is 18.6. The van der Waals surface area contributed by atoms with Gasteiger partial charge >= 0.3 is 6.18 Å². The first-order valence-electron chi connectivity index (χ1n) is 9.63. The molecule has 0 saturated heterocycles. The summed E-state index contributed by atoms with van der Waals surface area (Å²) in [4.78, 5) is 4.71. The maximum absolute atomic E-state index is 13.3. The molecule has 0 fully saturated rings. The molecule has 0 amide bonds. The molecule has 31 heavy (non-hydrogen) atoms. The highest BCUT2D eigenvalue weighted by Crippen LogP contribution is 2.44. The average molecular weight is 419 g/mol. The van der Waals surface area contributed by atoms with Crippen molar-refractivity contribution in [1.29, 1.82) is 0 Å². The lowest BCUT2D eigenvalue weighted by Crippen LogP contribution is -2.04. The summed E-state index contributed by atoms with van der Waals surface area (Å²) in [5.41, 5.74) is 5.00. The molecule has 4 aromatic rings. The van der Waals surface area contributed by atoms with Crippen LogP contribution in [0.5, 0.6) is 11.5 Å². The highest BCUT2D eigenvalue weighted by Gasteiger charge is 2.31. The number of aromatic nitrogens is 1. The molecule has 0 saturated carbocycles. The molecule has 6 heteroatoms. The molecule has 1 aliphatic carbocycles. The largest absolute Gasteiger partial charge is 0.508 e. The number of pyridine rings is 1. The molecule has 3 nitrogen and oxygen atoms in total. The highest BCUT2D eigenvalue weighted by atomic mass is 19.4. The van der Waals surface area contributed by atoms with Gasteiger partial charge in [0, 0.05) is 17.5 Å². The molecule has 0 aliphatic heterocycles. The average Bonchev–Trinajstić information content (AvgIpc) is 3.11. The van der Waals surface area contributed by atoms with Gasteiger partial charge < -0.3 is 10.2 Å². The second-order valence-corrected chi connectivity index (χ2v) is 7.53. The first-order valence-corrected chi connectivity index (χ1v) is 9.63. The lowest BCUT2D eigenvalue weighted by Gasteiger charge is -2.14. The second-order valence-electron chi connectivity index (χ2n) is 7.53. The molecule has 0 spiro atoms. The topological polar surface area (TPSA) is 53.4 Å². The maximum atomic E-state index is 13.3. The zero-order valence-electron chi connectivity index (χ0n) is 16.1. The fourth-order valence-electron chi connectivity index (χ4n) is 4.00. The van der Waals surface area contributed by atoms with Gasteiger partial charge in [-0.25, -0.2) is 4.98 Å². The predicted molar refractivity (Wildman–Crippen MR) is 112 cm³/mol. The molecule has 0 radical (unpaired) electrons. The van der Waals surface area contributed by atoms with Crippen LogP contribution in [0.25, 0.3) is 33.6 Å². The number of aromatic hydroxyl groups is 2. The van der Waals surface area contributed by atoms with Crippen LogP contribution in [-0.2, 0) is 12.6 Å². The number of phenols is 2. The number of rotatable bonds is 2. The first-order chi connectivity index (χ1) is 14.8. The fourth-order valence-corrected chi connectivity index (χ4v) is 4.00. The van der Waals surface area contributed by atoms with Gasteiger partial charge in [0.25, 0.3) is 0 Å². The number of nitrogens with zero attached hydrogens (tertiary/aromatic N) is 1. The lowest BCUT2D eigenvalue weighted by atomic mass is 9.96. The van der Waals surface area contributed by atoms with Crippen LogP contribution in [0, 0.1) is 0 Å². The Morgan fingerprint density at radius 2 is 1.48 bits per heavy atom.